The lowest BCUT2D eigenvalue weighted by molar-refractivity contribution is -0.147. The molecule has 0 aromatic heterocycles. The molecular formula is C27H34N2O6. The highest BCUT2D eigenvalue weighted by atomic mass is 16.5. The zero-order valence-corrected chi connectivity index (χ0v) is 20.4. The number of rotatable bonds is 10. The second kappa shape index (κ2) is 11.4. The fourth-order valence-electron chi connectivity index (χ4n) is 4.49. The minimum Gasteiger partial charge on any atom is -0.479 e. The first-order valence-corrected chi connectivity index (χ1v) is 11.8. The number of hydrogen-bond acceptors (Lipinski definition) is 5. The van der Waals surface area contributed by atoms with Crippen molar-refractivity contribution in [2.24, 2.45) is 5.41 Å². The van der Waals surface area contributed by atoms with E-state index in [2.05, 4.69) is 34.9 Å². The molecule has 0 aliphatic heterocycles. The van der Waals surface area contributed by atoms with Crippen LogP contribution in [0.15, 0.2) is 48.5 Å². The van der Waals surface area contributed by atoms with E-state index < -0.39 is 24.2 Å². The Labute approximate surface area is 205 Å². The van der Waals surface area contributed by atoms with Crippen LogP contribution in [-0.2, 0) is 14.3 Å². The van der Waals surface area contributed by atoms with Crippen LogP contribution in [0.1, 0.15) is 57.1 Å². The molecule has 2 aromatic rings. The molecule has 2 atom stereocenters. The number of carbonyl (C=O) groups is 3. The van der Waals surface area contributed by atoms with Gasteiger partial charge in [-0.05, 0) is 34.1 Å². The molecule has 0 heterocycles. The maximum atomic E-state index is 12.7. The topological polar surface area (TPSA) is 125 Å². The summed E-state index contributed by atoms with van der Waals surface area (Å²) in [5.74, 6) is -1.73. The summed E-state index contributed by atoms with van der Waals surface area (Å²) in [5.41, 5.74) is 4.38. The number of aliphatic hydroxyl groups is 1. The van der Waals surface area contributed by atoms with Crippen molar-refractivity contribution in [2.45, 2.75) is 58.1 Å². The van der Waals surface area contributed by atoms with Crippen LogP contribution in [0.25, 0.3) is 11.1 Å². The quantitative estimate of drug-likeness (QED) is 0.410. The van der Waals surface area contributed by atoms with Crippen LogP contribution in [0, 0.1) is 5.41 Å². The predicted octanol–water partition coefficient (Wildman–Crippen LogP) is 3.67. The highest BCUT2D eigenvalue weighted by Crippen LogP contribution is 2.44. The number of hydrogen-bond donors (Lipinski definition) is 4. The molecule has 1 unspecified atom stereocenters. The first kappa shape index (κ1) is 26.2. The number of aliphatic hydroxyl groups excluding tert-OH is 1. The third-order valence-corrected chi connectivity index (χ3v) is 5.98. The minimum absolute atomic E-state index is 0.0185. The molecule has 8 nitrogen and oxygen atoms in total. The number of aliphatic carboxylic acids is 1. The van der Waals surface area contributed by atoms with Gasteiger partial charge in [-0.25, -0.2) is 9.59 Å². The summed E-state index contributed by atoms with van der Waals surface area (Å²) >= 11 is 0. The third-order valence-electron chi connectivity index (χ3n) is 5.98. The number of amides is 2. The van der Waals surface area contributed by atoms with E-state index >= 15 is 0 Å². The summed E-state index contributed by atoms with van der Waals surface area (Å²) < 4.78 is 5.63. The number of benzene rings is 2. The molecule has 35 heavy (non-hydrogen) atoms. The van der Waals surface area contributed by atoms with Gasteiger partial charge in [0.2, 0.25) is 5.91 Å². The van der Waals surface area contributed by atoms with Gasteiger partial charge in [0.25, 0.3) is 0 Å². The van der Waals surface area contributed by atoms with Gasteiger partial charge < -0.3 is 25.6 Å². The van der Waals surface area contributed by atoms with Crippen molar-refractivity contribution in [1.82, 2.24) is 10.6 Å². The Morgan fingerprint density at radius 1 is 1.00 bits per heavy atom. The third kappa shape index (κ3) is 7.29. The first-order valence-electron chi connectivity index (χ1n) is 11.8. The van der Waals surface area contributed by atoms with E-state index in [-0.39, 0.29) is 43.2 Å². The van der Waals surface area contributed by atoms with E-state index in [0.29, 0.717) is 6.42 Å². The van der Waals surface area contributed by atoms with Gasteiger partial charge in [-0.1, -0.05) is 69.3 Å². The highest BCUT2D eigenvalue weighted by molar-refractivity contribution is 5.79. The minimum atomic E-state index is -1.53. The number of fused-ring (bicyclic) bond motifs is 3. The van der Waals surface area contributed by atoms with E-state index in [1.54, 1.807) is 0 Å². The fraction of sp³-hybridized carbons (Fsp3) is 0.444. The Balaban J connectivity index is 1.58. The average molecular weight is 483 g/mol. The molecule has 3 rings (SSSR count). The highest BCUT2D eigenvalue weighted by Gasteiger charge is 2.30. The molecule has 8 heteroatoms. The Morgan fingerprint density at radius 2 is 1.57 bits per heavy atom. The molecule has 1 aliphatic rings. The Bertz CT molecular complexity index is 1020. The molecule has 2 amide bonds. The van der Waals surface area contributed by atoms with Crippen molar-refractivity contribution in [2.75, 3.05) is 13.2 Å². The molecule has 188 valence electrons. The van der Waals surface area contributed by atoms with Crippen molar-refractivity contribution >= 4 is 18.0 Å². The van der Waals surface area contributed by atoms with Gasteiger partial charge in [0.15, 0.2) is 6.10 Å². The van der Waals surface area contributed by atoms with Gasteiger partial charge in [0.1, 0.15) is 6.61 Å². The molecule has 4 N–H and O–H groups in total. The molecule has 0 bridgehead atoms. The van der Waals surface area contributed by atoms with Crippen LogP contribution in [0.4, 0.5) is 4.79 Å². The normalized spacial score (nSPS) is 14.4. The largest absolute Gasteiger partial charge is 0.479 e. The molecule has 0 spiro atoms. The average Bonchev–Trinajstić information content (AvgIpc) is 3.10. The van der Waals surface area contributed by atoms with E-state index in [4.69, 9.17) is 9.84 Å². The number of alkyl carbamates (subject to hydrolysis) is 1. The summed E-state index contributed by atoms with van der Waals surface area (Å²) in [6.07, 6.45) is -1.65. The predicted molar refractivity (Wildman–Crippen MR) is 132 cm³/mol. The Morgan fingerprint density at radius 3 is 2.11 bits per heavy atom. The summed E-state index contributed by atoms with van der Waals surface area (Å²) in [4.78, 5) is 35.8. The van der Waals surface area contributed by atoms with E-state index in [0.717, 1.165) is 22.3 Å². The lowest BCUT2D eigenvalue weighted by Gasteiger charge is -2.26. The molecule has 0 radical (unpaired) electrons. The van der Waals surface area contributed by atoms with E-state index in [1.807, 2.05) is 45.0 Å². The molecular weight excluding hydrogens is 448 g/mol. The van der Waals surface area contributed by atoms with Gasteiger partial charge in [-0.2, -0.15) is 0 Å². The van der Waals surface area contributed by atoms with Crippen LogP contribution in [0.5, 0.6) is 0 Å². The standard InChI is InChI=1S/C27H34N2O6/c1-27(2,3)15-17(14-24(31)28-13-12-23(30)25(32)33)29-26(34)35-16-22-20-10-6-4-8-18(20)19-9-5-7-11-21(19)22/h4-11,17,22-23,30H,12-16H2,1-3H3,(H,28,31)(H,29,34)(H,32,33)/t17?,23-/m0/s1. The Hall–Kier alpha value is -3.39. The summed E-state index contributed by atoms with van der Waals surface area (Å²) in [6.45, 7) is 6.25. The number of nitrogens with one attached hydrogen (secondary N) is 2. The summed E-state index contributed by atoms with van der Waals surface area (Å²) in [5, 5.41) is 23.5. The van der Waals surface area contributed by atoms with Gasteiger partial charge >= 0.3 is 12.1 Å². The Kier molecular flexibility index (Phi) is 8.51. The van der Waals surface area contributed by atoms with Crippen molar-refractivity contribution in [3.8, 4) is 11.1 Å². The van der Waals surface area contributed by atoms with Crippen LogP contribution in [-0.4, -0.2) is 53.5 Å². The van der Waals surface area contributed by atoms with Gasteiger partial charge in [0.05, 0.1) is 0 Å². The van der Waals surface area contributed by atoms with Crippen LogP contribution in [0.3, 0.4) is 0 Å². The second-order valence-corrected chi connectivity index (χ2v) is 10.1. The number of carboxylic acid groups (broad SMARTS) is 1. The maximum absolute atomic E-state index is 12.7. The molecule has 0 saturated carbocycles. The van der Waals surface area contributed by atoms with Crippen LogP contribution in [0.2, 0.25) is 0 Å². The molecule has 0 saturated heterocycles. The lowest BCUT2D eigenvalue weighted by Crippen LogP contribution is -2.42. The van der Waals surface area contributed by atoms with Gasteiger partial charge in [-0.15, -0.1) is 0 Å². The first-order chi connectivity index (χ1) is 16.5. The van der Waals surface area contributed by atoms with Crippen LogP contribution < -0.4 is 10.6 Å². The lowest BCUT2D eigenvalue weighted by atomic mass is 9.87. The van der Waals surface area contributed by atoms with E-state index in [9.17, 15) is 19.5 Å². The monoisotopic (exact) mass is 482 g/mol. The zero-order valence-electron chi connectivity index (χ0n) is 20.4. The van der Waals surface area contributed by atoms with Crippen molar-refractivity contribution in [1.29, 1.82) is 0 Å². The van der Waals surface area contributed by atoms with E-state index in [1.165, 1.54) is 0 Å². The molecule has 0 fully saturated rings. The van der Waals surface area contributed by atoms with Crippen molar-refractivity contribution in [3.63, 3.8) is 0 Å². The van der Waals surface area contributed by atoms with Crippen molar-refractivity contribution in [3.05, 3.63) is 59.7 Å². The van der Waals surface area contributed by atoms with Crippen molar-refractivity contribution < 1.29 is 29.3 Å². The molecule has 1 aliphatic carbocycles. The number of carbonyl (C=O) groups excluding carboxylic acids is 2. The fourth-order valence-corrected chi connectivity index (χ4v) is 4.49. The van der Waals surface area contributed by atoms with Crippen LogP contribution >= 0.6 is 0 Å². The summed E-state index contributed by atoms with van der Waals surface area (Å²) in [7, 11) is 0. The summed E-state index contributed by atoms with van der Waals surface area (Å²) in [6, 6.07) is 15.7. The smallest absolute Gasteiger partial charge is 0.407 e. The SMILES string of the molecule is CC(C)(C)CC(CC(=O)NCC[C@H](O)C(=O)O)NC(=O)OCC1c2ccccc2-c2ccccc21. The zero-order chi connectivity index (χ0) is 25.6. The van der Waals surface area contributed by atoms with Gasteiger partial charge in [-0.3, -0.25) is 4.79 Å². The number of ether oxygens (including phenoxy) is 1. The molecule has 2 aromatic carbocycles. The number of carboxylic acids is 1. The van der Waals surface area contributed by atoms with Gasteiger partial charge in [0, 0.05) is 31.3 Å². The maximum Gasteiger partial charge on any atom is 0.407 e. The second-order valence-electron chi connectivity index (χ2n) is 10.1.